The Hall–Kier alpha value is -0.320. The SMILES string of the molecule is CNCCC(N)C(=O)OC(C)(C)C.Cl. The molecule has 0 fully saturated rings. The van der Waals surface area contributed by atoms with Gasteiger partial charge in [0.15, 0.2) is 0 Å². The zero-order valence-electron chi connectivity index (χ0n) is 9.29. The summed E-state index contributed by atoms with van der Waals surface area (Å²) >= 11 is 0. The highest BCUT2D eigenvalue weighted by Gasteiger charge is 2.21. The van der Waals surface area contributed by atoms with E-state index in [2.05, 4.69) is 5.32 Å². The Morgan fingerprint density at radius 1 is 1.50 bits per heavy atom. The first kappa shape index (κ1) is 16.1. The van der Waals surface area contributed by atoms with Crippen LogP contribution in [0.4, 0.5) is 0 Å². The fourth-order valence-corrected chi connectivity index (χ4v) is 0.795. The molecule has 0 aromatic carbocycles. The van der Waals surface area contributed by atoms with Crippen LogP contribution in [-0.2, 0) is 9.53 Å². The molecular weight excluding hydrogens is 204 g/mol. The van der Waals surface area contributed by atoms with Gasteiger partial charge in [0.2, 0.25) is 0 Å². The largest absolute Gasteiger partial charge is 0.459 e. The number of carbonyl (C=O) groups is 1. The number of ether oxygens (including phenoxy) is 1. The molecule has 0 aliphatic rings. The first-order chi connectivity index (χ1) is 5.87. The van der Waals surface area contributed by atoms with Gasteiger partial charge in [-0.1, -0.05) is 0 Å². The molecule has 0 saturated heterocycles. The lowest BCUT2D eigenvalue weighted by Crippen LogP contribution is -2.38. The lowest BCUT2D eigenvalue weighted by molar-refractivity contribution is -0.156. The molecule has 0 bridgehead atoms. The topological polar surface area (TPSA) is 64.3 Å². The van der Waals surface area contributed by atoms with Crippen LogP contribution in [0.5, 0.6) is 0 Å². The molecular formula is C9H21ClN2O2. The van der Waals surface area contributed by atoms with Crippen LogP contribution in [0.25, 0.3) is 0 Å². The summed E-state index contributed by atoms with van der Waals surface area (Å²) in [6, 6.07) is -0.522. The summed E-state index contributed by atoms with van der Waals surface area (Å²) in [7, 11) is 1.82. The summed E-state index contributed by atoms with van der Waals surface area (Å²) in [5.41, 5.74) is 5.15. The average molecular weight is 225 g/mol. The number of rotatable bonds is 4. The molecule has 0 aliphatic heterocycles. The van der Waals surface area contributed by atoms with Gasteiger partial charge in [0.25, 0.3) is 0 Å². The molecule has 0 aliphatic carbocycles. The van der Waals surface area contributed by atoms with Gasteiger partial charge >= 0.3 is 5.97 Å². The Kier molecular flexibility index (Phi) is 8.10. The molecule has 86 valence electrons. The van der Waals surface area contributed by atoms with Gasteiger partial charge in [0.1, 0.15) is 11.6 Å². The first-order valence-corrected chi connectivity index (χ1v) is 4.50. The van der Waals surface area contributed by atoms with Crippen molar-refractivity contribution in [3.8, 4) is 0 Å². The van der Waals surface area contributed by atoms with E-state index < -0.39 is 11.6 Å². The lowest BCUT2D eigenvalue weighted by Gasteiger charge is -2.22. The van der Waals surface area contributed by atoms with Gasteiger partial charge in [-0.2, -0.15) is 0 Å². The Morgan fingerprint density at radius 2 is 2.00 bits per heavy atom. The van der Waals surface area contributed by atoms with E-state index in [1.54, 1.807) is 0 Å². The monoisotopic (exact) mass is 224 g/mol. The number of halogens is 1. The number of carbonyl (C=O) groups excluding carboxylic acids is 1. The highest BCUT2D eigenvalue weighted by atomic mass is 35.5. The van der Waals surface area contributed by atoms with Crippen LogP contribution >= 0.6 is 12.4 Å². The van der Waals surface area contributed by atoms with Crippen LogP contribution in [0, 0.1) is 0 Å². The molecule has 0 radical (unpaired) electrons. The van der Waals surface area contributed by atoms with E-state index in [1.807, 2.05) is 27.8 Å². The molecule has 5 heteroatoms. The minimum atomic E-state index is -0.522. The Morgan fingerprint density at radius 3 is 2.36 bits per heavy atom. The van der Waals surface area contributed by atoms with E-state index in [0.717, 1.165) is 6.54 Å². The highest BCUT2D eigenvalue weighted by molar-refractivity contribution is 5.85. The molecule has 0 amide bonds. The number of hydrogen-bond acceptors (Lipinski definition) is 4. The predicted octanol–water partition coefficient (Wildman–Crippen LogP) is 0.687. The second-order valence-corrected chi connectivity index (χ2v) is 4.03. The molecule has 0 spiro atoms. The molecule has 0 aromatic heterocycles. The zero-order valence-corrected chi connectivity index (χ0v) is 10.1. The van der Waals surface area contributed by atoms with Gasteiger partial charge < -0.3 is 15.8 Å². The van der Waals surface area contributed by atoms with E-state index >= 15 is 0 Å². The van der Waals surface area contributed by atoms with Crippen LogP contribution in [0.15, 0.2) is 0 Å². The van der Waals surface area contributed by atoms with Gasteiger partial charge in [-0.15, -0.1) is 12.4 Å². The second-order valence-electron chi connectivity index (χ2n) is 4.03. The van der Waals surface area contributed by atoms with Crippen molar-refractivity contribution in [3.05, 3.63) is 0 Å². The van der Waals surface area contributed by atoms with E-state index in [0.29, 0.717) is 6.42 Å². The standard InChI is InChI=1S/C9H20N2O2.ClH/c1-9(2,3)13-8(12)7(10)5-6-11-4;/h7,11H,5-6,10H2,1-4H3;1H. The maximum Gasteiger partial charge on any atom is 0.323 e. The van der Waals surface area contributed by atoms with Gasteiger partial charge in [-0.25, -0.2) is 0 Å². The van der Waals surface area contributed by atoms with Gasteiger partial charge in [0.05, 0.1) is 0 Å². The molecule has 0 rings (SSSR count). The minimum absolute atomic E-state index is 0. The van der Waals surface area contributed by atoms with Gasteiger partial charge in [-0.3, -0.25) is 4.79 Å². The highest BCUT2D eigenvalue weighted by Crippen LogP contribution is 2.08. The third-order valence-corrected chi connectivity index (χ3v) is 1.41. The number of esters is 1. The Bertz CT molecular complexity index is 169. The molecule has 4 nitrogen and oxygen atoms in total. The zero-order chi connectivity index (χ0) is 10.5. The second kappa shape index (κ2) is 7.04. The van der Waals surface area contributed by atoms with Gasteiger partial charge in [-0.05, 0) is 40.8 Å². The lowest BCUT2D eigenvalue weighted by atomic mass is 10.1. The fraction of sp³-hybridized carbons (Fsp3) is 0.889. The van der Waals surface area contributed by atoms with Gasteiger partial charge in [0, 0.05) is 0 Å². The summed E-state index contributed by atoms with van der Waals surface area (Å²) in [6.45, 7) is 6.21. The molecule has 1 unspecified atom stereocenters. The Labute approximate surface area is 92.0 Å². The molecule has 1 atom stereocenters. The van der Waals surface area contributed by atoms with Crippen molar-refractivity contribution in [2.24, 2.45) is 5.73 Å². The maximum atomic E-state index is 11.3. The quantitative estimate of drug-likeness (QED) is 0.690. The smallest absolute Gasteiger partial charge is 0.323 e. The van der Waals surface area contributed by atoms with Crippen molar-refractivity contribution in [2.75, 3.05) is 13.6 Å². The molecule has 0 aromatic rings. The average Bonchev–Trinajstić information content (AvgIpc) is 1.96. The van der Waals surface area contributed by atoms with Crippen molar-refractivity contribution >= 4 is 18.4 Å². The normalized spacial score (nSPS) is 12.9. The van der Waals surface area contributed by atoms with Crippen molar-refractivity contribution in [1.82, 2.24) is 5.32 Å². The van der Waals surface area contributed by atoms with E-state index in [1.165, 1.54) is 0 Å². The van der Waals surface area contributed by atoms with Crippen molar-refractivity contribution in [1.29, 1.82) is 0 Å². The summed E-state index contributed by atoms with van der Waals surface area (Å²) in [4.78, 5) is 11.3. The van der Waals surface area contributed by atoms with Crippen molar-refractivity contribution in [3.63, 3.8) is 0 Å². The molecule has 3 N–H and O–H groups in total. The van der Waals surface area contributed by atoms with E-state index in [4.69, 9.17) is 10.5 Å². The number of nitrogens with two attached hydrogens (primary N) is 1. The van der Waals surface area contributed by atoms with E-state index in [9.17, 15) is 4.79 Å². The van der Waals surface area contributed by atoms with Crippen molar-refractivity contribution < 1.29 is 9.53 Å². The predicted molar refractivity (Wildman–Crippen MR) is 59.6 cm³/mol. The summed E-state index contributed by atoms with van der Waals surface area (Å²) < 4.78 is 5.10. The number of hydrogen-bond donors (Lipinski definition) is 2. The molecule has 0 heterocycles. The van der Waals surface area contributed by atoms with Crippen LogP contribution in [0.3, 0.4) is 0 Å². The van der Waals surface area contributed by atoms with Crippen LogP contribution in [-0.4, -0.2) is 31.2 Å². The maximum absolute atomic E-state index is 11.3. The third kappa shape index (κ3) is 8.29. The van der Waals surface area contributed by atoms with Crippen LogP contribution in [0.1, 0.15) is 27.2 Å². The van der Waals surface area contributed by atoms with Crippen LogP contribution < -0.4 is 11.1 Å². The first-order valence-electron chi connectivity index (χ1n) is 4.50. The summed E-state index contributed by atoms with van der Waals surface area (Å²) in [5, 5.41) is 2.93. The molecule has 0 saturated carbocycles. The van der Waals surface area contributed by atoms with Crippen molar-refractivity contribution in [2.45, 2.75) is 38.8 Å². The third-order valence-electron chi connectivity index (χ3n) is 1.41. The number of nitrogens with one attached hydrogen (secondary N) is 1. The molecule has 14 heavy (non-hydrogen) atoms. The Balaban J connectivity index is 0. The van der Waals surface area contributed by atoms with E-state index in [-0.39, 0.29) is 18.4 Å². The summed E-state index contributed by atoms with van der Waals surface area (Å²) in [5.74, 6) is -0.331. The van der Waals surface area contributed by atoms with Crippen LogP contribution in [0.2, 0.25) is 0 Å². The summed E-state index contributed by atoms with van der Waals surface area (Å²) in [6.07, 6.45) is 0.603. The minimum Gasteiger partial charge on any atom is -0.459 e. The fourth-order valence-electron chi connectivity index (χ4n) is 0.795.